The molecule has 4 aromatic rings. The second-order valence-corrected chi connectivity index (χ2v) is 6.07. The maximum atomic E-state index is 11.4. The van der Waals surface area contributed by atoms with Crippen LogP contribution in [0.3, 0.4) is 0 Å². The largest absolute Gasteiger partial charge is 0.438 e. The van der Waals surface area contributed by atoms with Crippen molar-refractivity contribution in [3.05, 3.63) is 71.6 Å². The predicted octanol–water partition coefficient (Wildman–Crippen LogP) is 4.46. The van der Waals surface area contributed by atoms with Crippen molar-refractivity contribution in [1.29, 1.82) is 0 Å². The lowest BCUT2D eigenvalue weighted by atomic mass is 10.1. The number of benzene rings is 2. The standard InChI is InChI=1S/C19H13ClN4O2/c1-12(25)13-5-7-16(8-6-13)26-19-17-10-23-24(18(17)21-11-22-19)15-4-2-3-14(20)9-15/h2-11H,1H3. The summed E-state index contributed by atoms with van der Waals surface area (Å²) in [7, 11) is 0. The minimum absolute atomic E-state index is 0.00350. The van der Waals surface area contributed by atoms with Crippen LogP contribution >= 0.6 is 11.6 Å². The minimum atomic E-state index is 0.00350. The lowest BCUT2D eigenvalue weighted by Crippen LogP contribution is -1.98. The Bertz CT molecular complexity index is 1110. The van der Waals surface area contributed by atoms with Gasteiger partial charge in [0.25, 0.3) is 0 Å². The summed E-state index contributed by atoms with van der Waals surface area (Å²) < 4.78 is 7.53. The molecule has 0 aliphatic rings. The molecule has 0 spiro atoms. The van der Waals surface area contributed by atoms with Gasteiger partial charge < -0.3 is 4.74 Å². The predicted molar refractivity (Wildman–Crippen MR) is 98.2 cm³/mol. The molecular formula is C19H13ClN4O2. The van der Waals surface area contributed by atoms with Gasteiger partial charge >= 0.3 is 0 Å². The van der Waals surface area contributed by atoms with Crippen molar-refractivity contribution in [2.24, 2.45) is 0 Å². The average molecular weight is 365 g/mol. The first-order chi connectivity index (χ1) is 12.6. The summed E-state index contributed by atoms with van der Waals surface area (Å²) >= 11 is 6.06. The number of halogens is 1. The molecule has 0 saturated heterocycles. The first kappa shape index (κ1) is 16.2. The summed E-state index contributed by atoms with van der Waals surface area (Å²) in [6.07, 6.45) is 3.07. The highest BCUT2D eigenvalue weighted by Crippen LogP contribution is 2.28. The van der Waals surface area contributed by atoms with Crippen LogP contribution in [-0.4, -0.2) is 25.5 Å². The molecule has 0 saturated carbocycles. The van der Waals surface area contributed by atoms with Gasteiger partial charge in [-0.3, -0.25) is 4.79 Å². The van der Waals surface area contributed by atoms with Crippen LogP contribution in [-0.2, 0) is 0 Å². The Morgan fingerprint density at radius 1 is 1.12 bits per heavy atom. The molecule has 0 amide bonds. The van der Waals surface area contributed by atoms with E-state index in [0.29, 0.717) is 33.2 Å². The molecule has 0 unspecified atom stereocenters. The molecule has 0 aliphatic carbocycles. The SMILES string of the molecule is CC(=O)c1ccc(Oc2ncnc3c2cnn3-c2cccc(Cl)c2)cc1. The molecular weight excluding hydrogens is 352 g/mol. The zero-order valence-electron chi connectivity index (χ0n) is 13.8. The maximum Gasteiger partial charge on any atom is 0.233 e. The van der Waals surface area contributed by atoms with Crippen LogP contribution in [0, 0.1) is 0 Å². The monoisotopic (exact) mass is 364 g/mol. The number of carbonyl (C=O) groups excluding carboxylic acids is 1. The number of aromatic nitrogens is 4. The van der Waals surface area contributed by atoms with Crippen LogP contribution in [0.15, 0.2) is 61.1 Å². The van der Waals surface area contributed by atoms with E-state index in [9.17, 15) is 4.79 Å². The molecule has 0 atom stereocenters. The average Bonchev–Trinajstić information content (AvgIpc) is 3.07. The Morgan fingerprint density at radius 2 is 1.92 bits per heavy atom. The number of fused-ring (bicyclic) bond motifs is 1. The van der Waals surface area contributed by atoms with E-state index in [-0.39, 0.29) is 5.78 Å². The Balaban J connectivity index is 1.72. The molecule has 2 aromatic heterocycles. The van der Waals surface area contributed by atoms with Crippen LogP contribution in [0.5, 0.6) is 11.6 Å². The van der Waals surface area contributed by atoms with Crippen LogP contribution in [0.4, 0.5) is 0 Å². The van der Waals surface area contributed by atoms with Crippen molar-refractivity contribution >= 4 is 28.4 Å². The van der Waals surface area contributed by atoms with E-state index in [1.165, 1.54) is 13.3 Å². The summed E-state index contributed by atoms with van der Waals surface area (Å²) in [5, 5.41) is 5.66. The van der Waals surface area contributed by atoms with E-state index in [1.807, 2.05) is 12.1 Å². The van der Waals surface area contributed by atoms with E-state index in [0.717, 1.165) is 5.69 Å². The van der Waals surface area contributed by atoms with Gasteiger partial charge in [-0.1, -0.05) is 17.7 Å². The third-order valence-corrected chi connectivity index (χ3v) is 4.09. The molecule has 2 aromatic carbocycles. The van der Waals surface area contributed by atoms with Gasteiger partial charge in [0.05, 0.1) is 11.9 Å². The number of hydrogen-bond donors (Lipinski definition) is 0. The number of hydrogen-bond acceptors (Lipinski definition) is 5. The highest BCUT2D eigenvalue weighted by atomic mass is 35.5. The topological polar surface area (TPSA) is 69.9 Å². The molecule has 0 aliphatic heterocycles. The Labute approximate surface area is 154 Å². The molecule has 7 heteroatoms. The van der Waals surface area contributed by atoms with Gasteiger partial charge in [-0.15, -0.1) is 0 Å². The molecule has 4 rings (SSSR count). The normalized spacial score (nSPS) is 10.8. The number of rotatable bonds is 4. The molecule has 128 valence electrons. The van der Waals surface area contributed by atoms with Crippen LogP contribution < -0.4 is 4.74 Å². The van der Waals surface area contributed by atoms with Crippen LogP contribution in [0.1, 0.15) is 17.3 Å². The second kappa shape index (κ2) is 6.57. The first-order valence-corrected chi connectivity index (χ1v) is 8.23. The summed E-state index contributed by atoms with van der Waals surface area (Å²) in [5.41, 5.74) is 2.03. The van der Waals surface area contributed by atoms with Crippen LogP contribution in [0.2, 0.25) is 5.02 Å². The van der Waals surface area contributed by atoms with Crippen LogP contribution in [0.25, 0.3) is 16.7 Å². The highest BCUT2D eigenvalue weighted by molar-refractivity contribution is 6.30. The summed E-state index contributed by atoms with van der Waals surface area (Å²) in [5.74, 6) is 0.966. The van der Waals surface area contributed by atoms with Crippen molar-refractivity contribution in [1.82, 2.24) is 19.7 Å². The van der Waals surface area contributed by atoms with Crippen molar-refractivity contribution in [3.8, 4) is 17.3 Å². The van der Waals surface area contributed by atoms with Gasteiger partial charge in [0.15, 0.2) is 11.4 Å². The lowest BCUT2D eigenvalue weighted by Gasteiger charge is -2.07. The molecule has 0 bridgehead atoms. The van der Waals surface area contributed by atoms with E-state index >= 15 is 0 Å². The van der Waals surface area contributed by atoms with Gasteiger partial charge in [-0.25, -0.2) is 14.6 Å². The van der Waals surface area contributed by atoms with Crippen molar-refractivity contribution < 1.29 is 9.53 Å². The van der Waals surface area contributed by atoms with Gasteiger partial charge in [-0.05, 0) is 49.4 Å². The van der Waals surface area contributed by atoms with Gasteiger partial charge in [0.2, 0.25) is 5.88 Å². The van der Waals surface area contributed by atoms with E-state index in [1.54, 1.807) is 47.3 Å². The fourth-order valence-electron chi connectivity index (χ4n) is 2.57. The quantitative estimate of drug-likeness (QED) is 0.500. The van der Waals surface area contributed by atoms with E-state index in [4.69, 9.17) is 16.3 Å². The number of ether oxygens (including phenoxy) is 1. The fourth-order valence-corrected chi connectivity index (χ4v) is 2.75. The van der Waals surface area contributed by atoms with Gasteiger partial charge in [0, 0.05) is 10.6 Å². The van der Waals surface area contributed by atoms with Gasteiger partial charge in [0.1, 0.15) is 17.5 Å². The molecule has 6 nitrogen and oxygen atoms in total. The first-order valence-electron chi connectivity index (χ1n) is 7.85. The number of carbonyl (C=O) groups is 1. The van der Waals surface area contributed by atoms with E-state index < -0.39 is 0 Å². The zero-order valence-corrected chi connectivity index (χ0v) is 14.5. The maximum absolute atomic E-state index is 11.4. The molecule has 26 heavy (non-hydrogen) atoms. The fraction of sp³-hybridized carbons (Fsp3) is 0.0526. The lowest BCUT2D eigenvalue weighted by molar-refractivity contribution is 0.101. The third kappa shape index (κ3) is 3.02. The number of Topliss-reactive ketones (excluding diaryl/α,β-unsaturated/α-hetero) is 1. The van der Waals surface area contributed by atoms with Crippen molar-refractivity contribution in [3.63, 3.8) is 0 Å². The molecule has 2 heterocycles. The summed E-state index contributed by atoms with van der Waals surface area (Å²) in [4.78, 5) is 19.9. The van der Waals surface area contributed by atoms with Crippen molar-refractivity contribution in [2.45, 2.75) is 6.92 Å². The number of ketones is 1. The minimum Gasteiger partial charge on any atom is -0.438 e. The third-order valence-electron chi connectivity index (χ3n) is 3.86. The summed E-state index contributed by atoms with van der Waals surface area (Å²) in [6, 6.07) is 14.2. The Morgan fingerprint density at radius 3 is 2.65 bits per heavy atom. The van der Waals surface area contributed by atoms with Crippen molar-refractivity contribution in [2.75, 3.05) is 0 Å². The molecule has 0 N–H and O–H groups in total. The smallest absolute Gasteiger partial charge is 0.233 e. The number of nitrogens with zero attached hydrogens (tertiary/aromatic N) is 4. The Hall–Kier alpha value is -3.25. The van der Waals surface area contributed by atoms with E-state index in [2.05, 4.69) is 15.1 Å². The Kier molecular flexibility index (Phi) is 4.10. The second-order valence-electron chi connectivity index (χ2n) is 5.63. The highest BCUT2D eigenvalue weighted by Gasteiger charge is 2.13. The van der Waals surface area contributed by atoms with Gasteiger partial charge in [-0.2, -0.15) is 5.10 Å². The molecule has 0 fully saturated rings. The molecule has 0 radical (unpaired) electrons. The zero-order chi connectivity index (χ0) is 18.1. The summed E-state index contributed by atoms with van der Waals surface area (Å²) in [6.45, 7) is 1.52.